The molecule has 0 amide bonds. The molecule has 280 valence electrons. The zero-order valence-corrected chi connectivity index (χ0v) is 30.2. The van der Waals surface area contributed by atoms with Crippen LogP contribution < -0.4 is 0 Å². The van der Waals surface area contributed by atoms with Gasteiger partial charge >= 0.3 is 35.8 Å². The molecule has 1 saturated carbocycles. The molecule has 2 fully saturated rings. The van der Waals surface area contributed by atoms with Crippen LogP contribution in [0.3, 0.4) is 0 Å². The van der Waals surface area contributed by atoms with Gasteiger partial charge in [0.2, 0.25) is 0 Å². The molecule has 1 heterocycles. The van der Waals surface area contributed by atoms with E-state index in [0.717, 1.165) is 53.4 Å². The van der Waals surface area contributed by atoms with E-state index < -0.39 is 94.8 Å². The summed E-state index contributed by atoms with van der Waals surface area (Å²) in [5.74, 6) is -7.52. The van der Waals surface area contributed by atoms with Crippen LogP contribution in [0.25, 0.3) is 0 Å². The zero-order valence-electron chi connectivity index (χ0n) is 30.2. The lowest BCUT2D eigenvalue weighted by molar-refractivity contribution is -0.286. The number of hydrogen-bond donors (Lipinski definition) is 2. The summed E-state index contributed by atoms with van der Waals surface area (Å²) in [6.45, 7) is 10.4. The summed E-state index contributed by atoms with van der Waals surface area (Å²) < 4.78 is 34.2. The third kappa shape index (κ3) is 8.74. The molecule has 2 N–H and O–H groups in total. The molecule has 3 rings (SSSR count). The molecule has 1 aliphatic heterocycles. The minimum atomic E-state index is -2.42. The minimum Gasteiger partial charge on any atom is -0.462 e. The van der Waals surface area contributed by atoms with Gasteiger partial charge in [0.25, 0.3) is 0 Å². The molecule has 14 nitrogen and oxygen atoms in total. The van der Waals surface area contributed by atoms with Gasteiger partial charge in [-0.25, -0.2) is 0 Å². The lowest BCUT2D eigenvalue weighted by Gasteiger charge is -2.60. The molecule has 0 radical (unpaired) electrons. The van der Waals surface area contributed by atoms with E-state index in [1.165, 1.54) is 39.0 Å². The van der Waals surface area contributed by atoms with Crippen molar-refractivity contribution in [2.75, 3.05) is 6.61 Å². The zero-order chi connectivity index (χ0) is 37.6. The van der Waals surface area contributed by atoms with Crippen molar-refractivity contribution in [3.63, 3.8) is 0 Å². The number of fused-ring (bicyclic) bond motifs is 2. The number of aliphatic hydroxyl groups is 2. The summed E-state index contributed by atoms with van der Waals surface area (Å²) in [5.41, 5.74) is -6.12. The third-order valence-electron chi connectivity index (χ3n) is 10.1. The van der Waals surface area contributed by atoms with Crippen LogP contribution in [-0.4, -0.2) is 94.4 Å². The predicted molar refractivity (Wildman–Crippen MR) is 175 cm³/mol. The molecule has 14 heteroatoms. The van der Waals surface area contributed by atoms with Crippen molar-refractivity contribution in [2.24, 2.45) is 17.3 Å². The van der Waals surface area contributed by atoms with Crippen molar-refractivity contribution in [3.05, 3.63) is 23.8 Å². The molecule has 0 aromatic rings. The molecule has 1 saturated heterocycles. The Kier molecular flexibility index (Phi) is 13.4. The van der Waals surface area contributed by atoms with Gasteiger partial charge in [-0.3, -0.25) is 28.8 Å². The normalized spacial score (nSPS) is 36.6. The molecule has 0 spiro atoms. The van der Waals surface area contributed by atoms with Gasteiger partial charge in [0.1, 0.15) is 36.6 Å². The fourth-order valence-electron chi connectivity index (χ4n) is 7.61. The van der Waals surface area contributed by atoms with E-state index in [1.54, 1.807) is 0 Å². The fraction of sp³-hybridized carbons (Fsp3) is 0.722. The van der Waals surface area contributed by atoms with Gasteiger partial charge in [0.05, 0.1) is 11.3 Å². The molecular formula is C36H52O14. The number of rotatable bonds is 12. The van der Waals surface area contributed by atoms with Crippen LogP contribution in [0.5, 0.6) is 0 Å². The van der Waals surface area contributed by atoms with Gasteiger partial charge in [0.15, 0.2) is 11.7 Å². The Morgan fingerprint density at radius 3 is 2.02 bits per heavy atom. The van der Waals surface area contributed by atoms with Crippen molar-refractivity contribution in [1.82, 2.24) is 0 Å². The number of hydrogen-bond acceptors (Lipinski definition) is 14. The Balaban J connectivity index is 2.30. The first kappa shape index (κ1) is 40.6. The average molecular weight is 709 g/mol. The van der Waals surface area contributed by atoms with Crippen molar-refractivity contribution in [3.8, 4) is 0 Å². The molecule has 0 bridgehead atoms. The maximum Gasteiger partial charge on any atom is 0.312 e. The van der Waals surface area contributed by atoms with E-state index >= 15 is 0 Å². The van der Waals surface area contributed by atoms with Crippen LogP contribution in [0.4, 0.5) is 0 Å². The first-order valence-electron chi connectivity index (χ1n) is 17.2. The lowest BCUT2D eigenvalue weighted by atomic mass is 9.51. The first-order chi connectivity index (χ1) is 23.3. The molecule has 1 unspecified atom stereocenters. The number of esters is 6. The van der Waals surface area contributed by atoms with Crippen LogP contribution in [-0.2, 0) is 57.2 Å². The highest BCUT2D eigenvalue weighted by atomic mass is 16.6. The maximum atomic E-state index is 13.2. The van der Waals surface area contributed by atoms with Crippen molar-refractivity contribution in [1.29, 1.82) is 0 Å². The monoisotopic (exact) mass is 708 g/mol. The molecule has 0 aromatic carbocycles. The van der Waals surface area contributed by atoms with E-state index in [4.69, 9.17) is 28.4 Å². The maximum absolute atomic E-state index is 13.2. The topological polar surface area (TPSA) is 198 Å². The predicted octanol–water partition coefficient (Wildman–Crippen LogP) is 3.18. The Morgan fingerprint density at radius 2 is 1.44 bits per heavy atom. The van der Waals surface area contributed by atoms with E-state index in [-0.39, 0.29) is 25.0 Å². The van der Waals surface area contributed by atoms with Crippen LogP contribution in [0.15, 0.2) is 23.8 Å². The van der Waals surface area contributed by atoms with Crippen LogP contribution in [0, 0.1) is 17.3 Å². The number of carbonyl (C=O) groups is 6. The van der Waals surface area contributed by atoms with Crippen molar-refractivity contribution >= 4 is 35.8 Å². The minimum absolute atomic E-state index is 0.174. The highest BCUT2D eigenvalue weighted by Crippen LogP contribution is 2.58. The van der Waals surface area contributed by atoms with E-state index in [1.807, 2.05) is 0 Å². The largest absolute Gasteiger partial charge is 0.462 e. The van der Waals surface area contributed by atoms with E-state index in [9.17, 15) is 39.0 Å². The molecule has 3 aliphatic rings. The van der Waals surface area contributed by atoms with Crippen molar-refractivity contribution < 1.29 is 67.4 Å². The molecule has 0 aromatic heterocycles. The number of carbonyl (C=O) groups excluding carboxylic acids is 6. The average Bonchev–Trinajstić information content (AvgIpc) is 3.22. The molecule has 2 aliphatic carbocycles. The first-order valence-corrected chi connectivity index (χ1v) is 17.2. The van der Waals surface area contributed by atoms with Gasteiger partial charge < -0.3 is 38.6 Å². The highest BCUT2D eigenvalue weighted by Gasteiger charge is 2.72. The summed E-state index contributed by atoms with van der Waals surface area (Å²) in [5, 5.41) is 25.1. The second-order valence-corrected chi connectivity index (χ2v) is 14.0. The smallest absolute Gasteiger partial charge is 0.312 e. The molecule has 10 atom stereocenters. The summed E-state index contributed by atoms with van der Waals surface area (Å²) in [6, 6.07) is 0. The highest BCUT2D eigenvalue weighted by molar-refractivity contribution is 5.78. The quantitative estimate of drug-likeness (QED) is 0.170. The van der Waals surface area contributed by atoms with E-state index in [2.05, 4.69) is 6.92 Å². The third-order valence-corrected chi connectivity index (χ3v) is 10.1. The van der Waals surface area contributed by atoms with E-state index in [0.29, 0.717) is 6.42 Å². The van der Waals surface area contributed by atoms with Crippen LogP contribution >= 0.6 is 0 Å². The second kappa shape index (κ2) is 16.5. The van der Waals surface area contributed by atoms with Gasteiger partial charge in [-0.05, 0) is 38.0 Å². The van der Waals surface area contributed by atoms with Crippen LogP contribution in [0.1, 0.15) is 100 Å². The Morgan fingerprint density at radius 1 is 0.860 bits per heavy atom. The molecule has 50 heavy (non-hydrogen) atoms. The van der Waals surface area contributed by atoms with Gasteiger partial charge in [-0.2, -0.15) is 0 Å². The second-order valence-electron chi connectivity index (χ2n) is 14.0. The SMILES string of the molecule is CCCCCCCC(=O)OCC1=C/[C@@H]2OC(=O)[C@H](C)C2(O)[C@H](OC(C)=O)[C@H]2[C@](C)(O)[C@H](OC(C)=O)C[C@H](OC(C)=O)[C@]2(C)[C@H](OC(C)=O)/C=C\1. The Labute approximate surface area is 292 Å². The molecular weight excluding hydrogens is 656 g/mol. The summed E-state index contributed by atoms with van der Waals surface area (Å²) in [6.07, 6.45) is 1.32. The summed E-state index contributed by atoms with van der Waals surface area (Å²) in [4.78, 5) is 76.3. The van der Waals surface area contributed by atoms with Gasteiger partial charge in [-0.1, -0.05) is 45.6 Å². The lowest BCUT2D eigenvalue weighted by Crippen LogP contribution is -2.74. The fourth-order valence-corrected chi connectivity index (χ4v) is 7.61. The Hall–Kier alpha value is -3.78. The van der Waals surface area contributed by atoms with Crippen molar-refractivity contribution in [2.45, 2.75) is 142 Å². The summed E-state index contributed by atoms with van der Waals surface area (Å²) in [7, 11) is 0. The summed E-state index contributed by atoms with van der Waals surface area (Å²) >= 11 is 0. The van der Waals surface area contributed by atoms with Crippen LogP contribution in [0.2, 0.25) is 0 Å². The van der Waals surface area contributed by atoms with Gasteiger partial charge in [-0.15, -0.1) is 0 Å². The Bertz CT molecular complexity index is 1370. The number of ether oxygens (including phenoxy) is 6. The number of unbranched alkanes of at least 4 members (excludes halogenated alkanes) is 4. The standard InChI is InChI=1S/C36H52O14/c1-9-10-11-12-13-14-30(41)45-19-25-15-16-26(46-21(3)37)34(7)27(47-22(4)38)18-28(48-23(5)39)35(8,43)31(34)32(49-24(6)40)36(44)20(2)33(42)50-29(36)17-25/h15-17,20,26-29,31-32,43-44H,9-14,18-19H2,1-8H3/b16-15-,25-17+/t20-,26+,27-,28+,29-,31+,32+,34-,35+,36?/m0/s1. The van der Waals surface area contributed by atoms with Gasteiger partial charge in [0, 0.05) is 46.5 Å².